The number of benzene rings is 2. The monoisotopic (exact) mass is 407 g/mol. The molecule has 146 valence electrons. The van der Waals surface area contributed by atoms with Gasteiger partial charge >= 0.3 is 0 Å². The molecule has 3 rings (SSSR count). The summed E-state index contributed by atoms with van der Waals surface area (Å²) in [6.07, 6.45) is 0. The molecular formula is C18H16F3N5OS. The topological polar surface area (TPSA) is 72.7 Å². The molecule has 0 spiro atoms. The molecule has 0 aliphatic rings. The first-order valence-corrected chi connectivity index (χ1v) is 9.13. The van der Waals surface area contributed by atoms with Crippen LogP contribution in [0.3, 0.4) is 0 Å². The van der Waals surface area contributed by atoms with Gasteiger partial charge in [0, 0.05) is 0 Å². The summed E-state index contributed by atoms with van der Waals surface area (Å²) in [5.74, 6) is -5.03. The van der Waals surface area contributed by atoms with Gasteiger partial charge in [-0.3, -0.25) is 4.79 Å². The summed E-state index contributed by atoms with van der Waals surface area (Å²) in [5.41, 5.74) is 2.37. The van der Waals surface area contributed by atoms with Crippen LogP contribution in [-0.4, -0.2) is 31.4 Å². The second-order valence-corrected chi connectivity index (χ2v) is 7.37. The highest BCUT2D eigenvalue weighted by atomic mass is 32.2. The van der Waals surface area contributed by atoms with E-state index >= 15 is 0 Å². The smallest absolute Gasteiger partial charge is 0.237 e. The van der Waals surface area contributed by atoms with Crippen molar-refractivity contribution in [2.45, 2.75) is 31.2 Å². The predicted octanol–water partition coefficient (Wildman–Crippen LogP) is 3.82. The molecule has 6 nitrogen and oxygen atoms in total. The number of carbonyl (C=O) groups excluding carboxylic acids is 1. The third kappa shape index (κ3) is 3.86. The first-order valence-electron chi connectivity index (χ1n) is 8.25. The van der Waals surface area contributed by atoms with Crippen molar-refractivity contribution in [1.29, 1.82) is 0 Å². The largest absolute Gasteiger partial charge is 0.323 e. The molecule has 1 amide bonds. The molecule has 1 heterocycles. The molecule has 28 heavy (non-hydrogen) atoms. The Kier molecular flexibility index (Phi) is 5.68. The van der Waals surface area contributed by atoms with E-state index in [-0.39, 0.29) is 0 Å². The van der Waals surface area contributed by atoms with Gasteiger partial charge in [-0.15, -0.1) is 5.10 Å². The van der Waals surface area contributed by atoms with Crippen LogP contribution < -0.4 is 5.32 Å². The summed E-state index contributed by atoms with van der Waals surface area (Å²) >= 11 is 1.05. The fraction of sp³-hybridized carbons (Fsp3) is 0.222. The van der Waals surface area contributed by atoms with Crippen molar-refractivity contribution >= 4 is 23.4 Å². The number of anilines is 1. The van der Waals surface area contributed by atoms with Gasteiger partial charge in [0.2, 0.25) is 11.1 Å². The molecule has 1 N–H and O–H groups in total. The van der Waals surface area contributed by atoms with E-state index in [2.05, 4.69) is 20.8 Å². The Balaban J connectivity index is 1.78. The van der Waals surface area contributed by atoms with Crippen LogP contribution in [0.15, 0.2) is 35.5 Å². The lowest BCUT2D eigenvalue weighted by molar-refractivity contribution is -0.115. The number of amides is 1. The first kappa shape index (κ1) is 19.9. The van der Waals surface area contributed by atoms with Crippen LogP contribution in [0.1, 0.15) is 18.1 Å². The molecule has 0 aliphatic heterocycles. The summed E-state index contributed by atoms with van der Waals surface area (Å²) in [7, 11) is 0. The van der Waals surface area contributed by atoms with Gasteiger partial charge in [0.05, 0.1) is 16.6 Å². The average Bonchev–Trinajstić information content (AvgIpc) is 3.12. The number of thioether (sulfide) groups is 1. The zero-order chi connectivity index (χ0) is 20.4. The highest BCUT2D eigenvalue weighted by Gasteiger charge is 2.22. The molecule has 3 aromatic rings. The van der Waals surface area contributed by atoms with Gasteiger partial charge in [-0.25, -0.2) is 13.2 Å². The maximum atomic E-state index is 13.8. The van der Waals surface area contributed by atoms with E-state index in [0.717, 1.165) is 40.7 Å². The highest BCUT2D eigenvalue weighted by Crippen LogP contribution is 2.27. The molecule has 1 unspecified atom stereocenters. The number of hydrogen-bond donors (Lipinski definition) is 1. The quantitative estimate of drug-likeness (QED) is 0.514. The van der Waals surface area contributed by atoms with Crippen LogP contribution >= 0.6 is 11.8 Å². The van der Waals surface area contributed by atoms with Gasteiger partial charge in [0.25, 0.3) is 0 Å². The van der Waals surface area contributed by atoms with Crippen LogP contribution in [0.5, 0.6) is 0 Å². The van der Waals surface area contributed by atoms with Crippen molar-refractivity contribution in [3.05, 3.63) is 58.9 Å². The summed E-state index contributed by atoms with van der Waals surface area (Å²) in [4.78, 5) is 12.4. The molecule has 1 aromatic heterocycles. The van der Waals surface area contributed by atoms with Crippen LogP contribution in [0.4, 0.5) is 18.9 Å². The molecule has 0 aliphatic carbocycles. The summed E-state index contributed by atoms with van der Waals surface area (Å²) in [6, 6.07) is 7.39. The standard InChI is InChI=1S/C18H16F3N5OS/c1-9-5-4-6-14(10(9)2)26-18(23-24-25-26)28-11(3)17(27)22-13-8-7-12(19)15(20)16(13)21/h4-8,11H,1-3H3,(H,22,27). The van der Waals surface area contributed by atoms with E-state index < -0.39 is 34.3 Å². The van der Waals surface area contributed by atoms with E-state index in [1.54, 1.807) is 6.92 Å². The normalized spacial score (nSPS) is 12.1. The van der Waals surface area contributed by atoms with Crippen molar-refractivity contribution in [2.75, 3.05) is 5.32 Å². The van der Waals surface area contributed by atoms with Gasteiger partial charge in [-0.05, 0) is 60.5 Å². The van der Waals surface area contributed by atoms with Gasteiger partial charge in [-0.1, -0.05) is 23.9 Å². The lowest BCUT2D eigenvalue weighted by Gasteiger charge is -2.13. The number of aromatic nitrogens is 4. The van der Waals surface area contributed by atoms with Crippen LogP contribution in [-0.2, 0) is 4.79 Å². The minimum Gasteiger partial charge on any atom is -0.323 e. The van der Waals surface area contributed by atoms with E-state index in [0.29, 0.717) is 5.16 Å². The molecule has 0 radical (unpaired) electrons. The maximum absolute atomic E-state index is 13.8. The van der Waals surface area contributed by atoms with Gasteiger partial charge in [0.1, 0.15) is 0 Å². The molecule has 0 bridgehead atoms. The zero-order valence-electron chi connectivity index (χ0n) is 15.2. The number of rotatable bonds is 5. The van der Waals surface area contributed by atoms with Crippen molar-refractivity contribution < 1.29 is 18.0 Å². The molecule has 10 heteroatoms. The predicted molar refractivity (Wildman–Crippen MR) is 98.9 cm³/mol. The Morgan fingerprint density at radius 1 is 1.14 bits per heavy atom. The van der Waals surface area contributed by atoms with Crippen molar-refractivity contribution in [2.24, 2.45) is 0 Å². The molecule has 1 atom stereocenters. The number of tetrazole rings is 1. The second kappa shape index (κ2) is 8.01. The van der Waals surface area contributed by atoms with Crippen molar-refractivity contribution in [1.82, 2.24) is 20.2 Å². The Hall–Kier alpha value is -2.88. The number of halogens is 3. The summed E-state index contributed by atoms with van der Waals surface area (Å²) < 4.78 is 41.6. The molecule has 0 fully saturated rings. The molecule has 2 aromatic carbocycles. The molecular weight excluding hydrogens is 391 g/mol. The van der Waals surface area contributed by atoms with E-state index in [1.165, 1.54) is 4.68 Å². The van der Waals surface area contributed by atoms with Crippen LogP contribution in [0, 0.1) is 31.3 Å². The maximum Gasteiger partial charge on any atom is 0.237 e. The lowest BCUT2D eigenvalue weighted by atomic mass is 10.1. The van der Waals surface area contributed by atoms with Crippen molar-refractivity contribution in [3.8, 4) is 5.69 Å². The van der Waals surface area contributed by atoms with Gasteiger partial charge in [-0.2, -0.15) is 4.68 Å². The molecule has 0 saturated heterocycles. The zero-order valence-corrected chi connectivity index (χ0v) is 16.0. The van der Waals surface area contributed by atoms with E-state index in [4.69, 9.17) is 0 Å². The fourth-order valence-corrected chi connectivity index (χ4v) is 3.24. The fourth-order valence-electron chi connectivity index (χ4n) is 2.44. The van der Waals surface area contributed by atoms with Gasteiger partial charge in [0.15, 0.2) is 17.5 Å². The lowest BCUT2D eigenvalue weighted by Crippen LogP contribution is -2.24. The third-order valence-corrected chi connectivity index (χ3v) is 5.22. The number of carbonyl (C=O) groups is 1. The Bertz CT molecular complexity index is 1040. The summed E-state index contributed by atoms with van der Waals surface area (Å²) in [6.45, 7) is 5.46. The highest BCUT2D eigenvalue weighted by molar-refractivity contribution is 8.00. The first-order chi connectivity index (χ1) is 13.3. The number of hydrogen-bond acceptors (Lipinski definition) is 5. The average molecular weight is 407 g/mol. The minimum atomic E-state index is -1.64. The third-order valence-electron chi connectivity index (χ3n) is 4.19. The molecule has 0 saturated carbocycles. The Morgan fingerprint density at radius 2 is 1.89 bits per heavy atom. The Labute approximate surface area is 163 Å². The number of nitrogens with zero attached hydrogens (tertiary/aromatic N) is 4. The SMILES string of the molecule is Cc1cccc(-n2nnnc2SC(C)C(=O)Nc2ccc(F)c(F)c2F)c1C. The number of aryl methyl sites for hydroxylation is 1. The minimum absolute atomic E-state index is 0.363. The van der Waals surface area contributed by atoms with Crippen LogP contribution in [0.2, 0.25) is 0 Å². The van der Waals surface area contributed by atoms with E-state index in [9.17, 15) is 18.0 Å². The van der Waals surface area contributed by atoms with Gasteiger partial charge < -0.3 is 5.32 Å². The van der Waals surface area contributed by atoms with E-state index in [1.807, 2.05) is 32.0 Å². The summed E-state index contributed by atoms with van der Waals surface area (Å²) in [5, 5.41) is 13.4. The number of nitrogens with one attached hydrogen (secondary N) is 1. The Morgan fingerprint density at radius 3 is 2.64 bits per heavy atom. The second-order valence-electron chi connectivity index (χ2n) is 6.06. The van der Waals surface area contributed by atoms with Crippen molar-refractivity contribution in [3.63, 3.8) is 0 Å². The van der Waals surface area contributed by atoms with Crippen LogP contribution in [0.25, 0.3) is 5.69 Å².